The molecule has 3 heteroatoms. The number of benzene rings is 1. The smallest absolute Gasteiger partial charge is 0.337 e. The van der Waals surface area contributed by atoms with Crippen LogP contribution >= 0.6 is 0 Å². The molecule has 1 rings (SSSR count). The van der Waals surface area contributed by atoms with Gasteiger partial charge in [-0.05, 0) is 30.2 Å². The Labute approximate surface area is 102 Å². The zero-order valence-electron chi connectivity index (χ0n) is 10.0. The Morgan fingerprint density at radius 1 is 1.41 bits per heavy atom. The number of rotatable bonds is 6. The van der Waals surface area contributed by atoms with Gasteiger partial charge in [-0.25, -0.2) is 4.79 Å². The first kappa shape index (κ1) is 13.0. The van der Waals surface area contributed by atoms with Crippen LogP contribution in [0.1, 0.15) is 15.9 Å². The van der Waals surface area contributed by atoms with Crippen molar-refractivity contribution < 1.29 is 9.53 Å². The first-order valence-corrected chi connectivity index (χ1v) is 5.39. The Kier molecular flexibility index (Phi) is 5.01. The van der Waals surface area contributed by atoms with Crippen LogP contribution in [-0.4, -0.2) is 19.6 Å². The van der Waals surface area contributed by atoms with Gasteiger partial charge in [-0.2, -0.15) is 0 Å². The molecule has 0 saturated heterocycles. The zero-order valence-corrected chi connectivity index (χ0v) is 10.0. The third-order valence-corrected chi connectivity index (χ3v) is 2.33. The molecule has 0 unspecified atom stereocenters. The number of allylic oxidation sites excluding steroid dienone is 1. The van der Waals surface area contributed by atoms with Gasteiger partial charge < -0.3 is 10.1 Å². The molecule has 0 atom stereocenters. The second-order valence-electron chi connectivity index (χ2n) is 3.53. The van der Waals surface area contributed by atoms with Gasteiger partial charge in [-0.3, -0.25) is 0 Å². The van der Waals surface area contributed by atoms with E-state index >= 15 is 0 Å². The summed E-state index contributed by atoms with van der Waals surface area (Å²) in [6.07, 6.45) is 4.28. The summed E-state index contributed by atoms with van der Waals surface area (Å²) in [6.45, 7) is 8.04. The normalized spacial score (nSPS) is 9.47. The van der Waals surface area contributed by atoms with Crippen molar-refractivity contribution >= 4 is 11.7 Å². The number of hydrogen-bond donors (Lipinski definition) is 1. The number of carbonyl (C=O) groups excluding carboxylic acids is 1. The predicted octanol–water partition coefficient (Wildman–Crippen LogP) is 2.80. The molecule has 17 heavy (non-hydrogen) atoms. The third kappa shape index (κ3) is 3.48. The molecule has 0 aliphatic carbocycles. The molecule has 0 spiro atoms. The lowest BCUT2D eigenvalue weighted by molar-refractivity contribution is 0.0600. The molecule has 1 N–H and O–H groups in total. The molecular weight excluding hydrogens is 214 g/mol. The summed E-state index contributed by atoms with van der Waals surface area (Å²) in [6, 6.07) is 5.43. The maximum absolute atomic E-state index is 11.4. The number of anilines is 1. The first-order chi connectivity index (χ1) is 8.22. The minimum Gasteiger partial charge on any atom is -0.465 e. The standard InChI is InChI=1S/C14H17NO2/c1-4-6-11-10-12(14(16)17-3)7-8-13(11)15-9-5-2/h4-5,7-8,10,15H,1-2,6,9H2,3H3. The Bertz CT molecular complexity index is 424. The van der Waals surface area contributed by atoms with Crippen LogP contribution in [0.3, 0.4) is 0 Å². The number of ether oxygens (including phenoxy) is 1. The van der Waals surface area contributed by atoms with E-state index in [9.17, 15) is 4.79 Å². The zero-order chi connectivity index (χ0) is 12.7. The molecule has 0 bridgehead atoms. The summed E-state index contributed by atoms with van der Waals surface area (Å²) in [7, 11) is 1.37. The molecule has 0 aromatic heterocycles. The van der Waals surface area contributed by atoms with E-state index in [0.29, 0.717) is 18.5 Å². The molecule has 1 aromatic carbocycles. The Hall–Kier alpha value is -2.03. The first-order valence-electron chi connectivity index (χ1n) is 5.39. The molecule has 0 aliphatic rings. The highest BCUT2D eigenvalue weighted by Crippen LogP contribution is 2.19. The molecular formula is C14H17NO2. The summed E-state index contributed by atoms with van der Waals surface area (Å²) in [5, 5.41) is 3.21. The Morgan fingerprint density at radius 3 is 2.76 bits per heavy atom. The van der Waals surface area contributed by atoms with E-state index in [0.717, 1.165) is 11.3 Å². The van der Waals surface area contributed by atoms with E-state index in [-0.39, 0.29) is 5.97 Å². The van der Waals surface area contributed by atoms with Gasteiger partial charge in [0.15, 0.2) is 0 Å². The molecule has 0 radical (unpaired) electrons. The minimum atomic E-state index is -0.328. The monoisotopic (exact) mass is 231 g/mol. The number of hydrogen-bond acceptors (Lipinski definition) is 3. The van der Waals surface area contributed by atoms with E-state index in [2.05, 4.69) is 23.2 Å². The van der Waals surface area contributed by atoms with Crippen molar-refractivity contribution in [3.05, 3.63) is 54.6 Å². The van der Waals surface area contributed by atoms with Gasteiger partial charge in [-0.1, -0.05) is 12.2 Å². The van der Waals surface area contributed by atoms with Crippen molar-refractivity contribution in [2.24, 2.45) is 0 Å². The fourth-order valence-electron chi connectivity index (χ4n) is 1.52. The number of esters is 1. The molecule has 0 aliphatic heterocycles. The molecule has 1 aromatic rings. The van der Waals surface area contributed by atoms with Gasteiger partial charge in [0, 0.05) is 12.2 Å². The van der Waals surface area contributed by atoms with Gasteiger partial charge >= 0.3 is 5.97 Å². The lowest BCUT2D eigenvalue weighted by Gasteiger charge is -2.11. The van der Waals surface area contributed by atoms with E-state index < -0.39 is 0 Å². The van der Waals surface area contributed by atoms with E-state index in [4.69, 9.17) is 0 Å². The van der Waals surface area contributed by atoms with E-state index in [1.54, 1.807) is 18.2 Å². The number of methoxy groups -OCH3 is 1. The van der Waals surface area contributed by atoms with Crippen molar-refractivity contribution in [2.75, 3.05) is 19.0 Å². The quantitative estimate of drug-likeness (QED) is 0.604. The summed E-state index contributed by atoms with van der Waals surface area (Å²) < 4.78 is 4.69. The largest absolute Gasteiger partial charge is 0.465 e. The highest BCUT2D eigenvalue weighted by atomic mass is 16.5. The van der Waals surface area contributed by atoms with Crippen LogP contribution in [0.4, 0.5) is 5.69 Å². The predicted molar refractivity (Wildman–Crippen MR) is 70.4 cm³/mol. The summed E-state index contributed by atoms with van der Waals surface area (Å²) in [5.74, 6) is -0.328. The fourth-order valence-corrected chi connectivity index (χ4v) is 1.52. The maximum Gasteiger partial charge on any atom is 0.337 e. The van der Waals surface area contributed by atoms with Crippen LogP contribution in [0.2, 0.25) is 0 Å². The van der Waals surface area contributed by atoms with Gasteiger partial charge in [0.1, 0.15) is 0 Å². The second kappa shape index (κ2) is 6.53. The fraction of sp³-hybridized carbons (Fsp3) is 0.214. The van der Waals surface area contributed by atoms with Crippen LogP contribution in [0.15, 0.2) is 43.5 Å². The van der Waals surface area contributed by atoms with Crippen molar-refractivity contribution in [3.63, 3.8) is 0 Å². The van der Waals surface area contributed by atoms with Crippen molar-refractivity contribution in [1.29, 1.82) is 0 Å². The Morgan fingerprint density at radius 2 is 2.18 bits per heavy atom. The van der Waals surface area contributed by atoms with Crippen LogP contribution in [-0.2, 0) is 11.2 Å². The third-order valence-electron chi connectivity index (χ3n) is 2.33. The SMILES string of the molecule is C=CCNc1ccc(C(=O)OC)cc1CC=C. The minimum absolute atomic E-state index is 0.328. The van der Waals surface area contributed by atoms with Crippen LogP contribution < -0.4 is 5.32 Å². The van der Waals surface area contributed by atoms with Crippen molar-refractivity contribution in [3.8, 4) is 0 Å². The maximum atomic E-state index is 11.4. The molecule has 90 valence electrons. The lowest BCUT2D eigenvalue weighted by Crippen LogP contribution is -2.05. The second-order valence-corrected chi connectivity index (χ2v) is 3.53. The number of nitrogens with one attached hydrogen (secondary N) is 1. The number of carbonyl (C=O) groups is 1. The summed E-state index contributed by atoms with van der Waals surface area (Å²) >= 11 is 0. The average molecular weight is 231 g/mol. The van der Waals surface area contributed by atoms with Crippen molar-refractivity contribution in [1.82, 2.24) is 0 Å². The molecule has 3 nitrogen and oxygen atoms in total. The van der Waals surface area contributed by atoms with Crippen LogP contribution in [0, 0.1) is 0 Å². The molecule has 0 fully saturated rings. The van der Waals surface area contributed by atoms with Crippen LogP contribution in [0.25, 0.3) is 0 Å². The topological polar surface area (TPSA) is 38.3 Å². The van der Waals surface area contributed by atoms with Gasteiger partial charge in [-0.15, -0.1) is 13.2 Å². The van der Waals surface area contributed by atoms with Crippen LogP contribution in [0.5, 0.6) is 0 Å². The lowest BCUT2D eigenvalue weighted by atomic mass is 10.1. The average Bonchev–Trinajstić information content (AvgIpc) is 2.36. The highest BCUT2D eigenvalue weighted by molar-refractivity contribution is 5.90. The van der Waals surface area contributed by atoms with Gasteiger partial charge in [0.05, 0.1) is 12.7 Å². The van der Waals surface area contributed by atoms with Gasteiger partial charge in [0.2, 0.25) is 0 Å². The van der Waals surface area contributed by atoms with E-state index in [1.807, 2.05) is 12.1 Å². The highest BCUT2D eigenvalue weighted by Gasteiger charge is 2.08. The van der Waals surface area contributed by atoms with Gasteiger partial charge in [0.25, 0.3) is 0 Å². The van der Waals surface area contributed by atoms with Crippen molar-refractivity contribution in [2.45, 2.75) is 6.42 Å². The van der Waals surface area contributed by atoms with E-state index in [1.165, 1.54) is 7.11 Å². The summed E-state index contributed by atoms with van der Waals surface area (Å²) in [4.78, 5) is 11.4. The molecule has 0 amide bonds. The summed E-state index contributed by atoms with van der Waals surface area (Å²) in [5.41, 5.74) is 2.55. The Balaban J connectivity index is 3.02. The molecule has 0 heterocycles. The molecule has 0 saturated carbocycles.